The highest BCUT2D eigenvalue weighted by atomic mass is 35.5. The van der Waals surface area contributed by atoms with Crippen LogP contribution in [0.1, 0.15) is 49.4 Å². The summed E-state index contributed by atoms with van der Waals surface area (Å²) in [5, 5.41) is 3.53. The van der Waals surface area contributed by atoms with Crippen molar-refractivity contribution in [3.05, 3.63) is 70.2 Å². The van der Waals surface area contributed by atoms with E-state index in [1.807, 2.05) is 19.1 Å². The lowest BCUT2D eigenvalue weighted by molar-refractivity contribution is -0.126. The molecule has 0 aromatic heterocycles. The minimum atomic E-state index is -3.46. The summed E-state index contributed by atoms with van der Waals surface area (Å²) in [6.07, 6.45) is 2.03. The fourth-order valence-corrected chi connectivity index (χ4v) is 5.63. The van der Waals surface area contributed by atoms with E-state index in [-0.39, 0.29) is 23.6 Å². The average molecular weight is 449 g/mol. The third-order valence-electron chi connectivity index (χ3n) is 5.76. The lowest BCUT2D eigenvalue weighted by Crippen LogP contribution is -2.43. The van der Waals surface area contributed by atoms with Crippen LogP contribution in [0.5, 0.6) is 0 Å². The van der Waals surface area contributed by atoms with Crippen molar-refractivity contribution in [2.75, 3.05) is 13.1 Å². The van der Waals surface area contributed by atoms with Gasteiger partial charge < -0.3 is 5.32 Å². The molecule has 2 aromatic carbocycles. The van der Waals surface area contributed by atoms with Gasteiger partial charge in [-0.25, -0.2) is 12.7 Å². The van der Waals surface area contributed by atoms with Gasteiger partial charge in [0.05, 0.1) is 11.8 Å². The van der Waals surface area contributed by atoms with Crippen LogP contribution in [-0.4, -0.2) is 31.7 Å². The van der Waals surface area contributed by atoms with Crippen molar-refractivity contribution in [2.45, 2.75) is 44.9 Å². The van der Waals surface area contributed by atoms with Gasteiger partial charge in [0.2, 0.25) is 15.9 Å². The van der Waals surface area contributed by atoms with Gasteiger partial charge in [-0.15, -0.1) is 0 Å². The summed E-state index contributed by atoms with van der Waals surface area (Å²) in [6, 6.07) is 15.2. The number of nitrogens with one attached hydrogen (secondary N) is 1. The highest BCUT2D eigenvalue weighted by molar-refractivity contribution is 7.88. The third kappa shape index (κ3) is 5.62. The molecule has 1 atom stereocenters. The second kappa shape index (κ2) is 9.94. The molecule has 0 radical (unpaired) electrons. The molecule has 162 valence electrons. The number of sulfonamides is 1. The maximum absolute atomic E-state index is 12.8. The van der Waals surface area contributed by atoms with Crippen LogP contribution in [0.25, 0.3) is 0 Å². The van der Waals surface area contributed by atoms with E-state index in [1.165, 1.54) is 9.87 Å². The number of amides is 1. The Morgan fingerprint density at radius 2 is 1.77 bits per heavy atom. The Morgan fingerprint density at radius 1 is 1.13 bits per heavy atom. The number of carbonyl (C=O) groups excluding carboxylic acids is 1. The second-order valence-electron chi connectivity index (χ2n) is 7.85. The second-order valence-corrected chi connectivity index (χ2v) is 10.2. The van der Waals surface area contributed by atoms with Crippen molar-refractivity contribution in [2.24, 2.45) is 5.92 Å². The van der Waals surface area contributed by atoms with Crippen LogP contribution in [-0.2, 0) is 27.0 Å². The molecule has 1 N–H and O–H groups in total. The number of hydrogen-bond donors (Lipinski definition) is 1. The van der Waals surface area contributed by atoms with Crippen LogP contribution in [0, 0.1) is 5.92 Å². The Bertz CT molecular complexity index is 968. The van der Waals surface area contributed by atoms with Crippen molar-refractivity contribution in [1.29, 1.82) is 0 Å². The summed E-state index contributed by atoms with van der Waals surface area (Å²) in [5.41, 5.74) is 2.94. The van der Waals surface area contributed by atoms with E-state index < -0.39 is 10.0 Å². The Hall–Kier alpha value is -1.89. The largest absolute Gasteiger partial charge is 0.349 e. The van der Waals surface area contributed by atoms with Crippen LogP contribution < -0.4 is 5.32 Å². The standard InChI is InChI=1S/C23H29ClN2O3S/c1-3-18-8-10-19(11-9-18)17(2)25-23(27)20-12-14-26(15-13-20)30(28,29)16-21-6-4-5-7-22(21)24/h4-11,17,20H,3,12-16H2,1-2H3,(H,25,27). The number of carbonyl (C=O) groups is 1. The molecule has 0 saturated carbocycles. The number of benzene rings is 2. The summed E-state index contributed by atoms with van der Waals surface area (Å²) >= 11 is 6.11. The number of nitrogens with zero attached hydrogens (tertiary/aromatic N) is 1. The summed E-state index contributed by atoms with van der Waals surface area (Å²) in [6.45, 7) is 4.79. The summed E-state index contributed by atoms with van der Waals surface area (Å²) in [7, 11) is -3.46. The Morgan fingerprint density at radius 3 is 2.37 bits per heavy atom. The normalized spacial score (nSPS) is 16.9. The number of rotatable bonds is 7. The van der Waals surface area contributed by atoms with Crippen LogP contribution in [0.2, 0.25) is 5.02 Å². The zero-order valence-electron chi connectivity index (χ0n) is 17.5. The highest BCUT2D eigenvalue weighted by Crippen LogP contribution is 2.25. The number of piperidine rings is 1. The Kier molecular flexibility index (Phi) is 7.55. The monoisotopic (exact) mass is 448 g/mol. The van der Waals surface area contributed by atoms with Gasteiger partial charge in [-0.2, -0.15) is 0 Å². The zero-order chi connectivity index (χ0) is 21.7. The molecule has 2 aromatic rings. The molecule has 1 amide bonds. The first kappa shape index (κ1) is 22.8. The average Bonchev–Trinajstić information content (AvgIpc) is 2.75. The predicted octanol–water partition coefficient (Wildman–Crippen LogP) is 4.32. The first-order valence-electron chi connectivity index (χ1n) is 10.4. The van der Waals surface area contributed by atoms with Crippen molar-refractivity contribution in [1.82, 2.24) is 9.62 Å². The van der Waals surface area contributed by atoms with Crippen molar-refractivity contribution in [3.8, 4) is 0 Å². The van der Waals surface area contributed by atoms with Gasteiger partial charge >= 0.3 is 0 Å². The van der Waals surface area contributed by atoms with E-state index in [0.29, 0.717) is 36.5 Å². The minimum Gasteiger partial charge on any atom is -0.349 e. The van der Waals surface area contributed by atoms with Crippen molar-refractivity contribution < 1.29 is 13.2 Å². The zero-order valence-corrected chi connectivity index (χ0v) is 19.0. The fourth-order valence-electron chi connectivity index (χ4n) is 3.76. The number of hydrogen-bond acceptors (Lipinski definition) is 3. The van der Waals surface area contributed by atoms with Gasteiger partial charge in [0, 0.05) is 24.0 Å². The van der Waals surface area contributed by atoms with Crippen molar-refractivity contribution in [3.63, 3.8) is 0 Å². The number of aryl methyl sites for hydroxylation is 1. The molecule has 1 unspecified atom stereocenters. The quantitative estimate of drug-likeness (QED) is 0.685. The van der Waals surface area contributed by atoms with Gasteiger partial charge in [-0.3, -0.25) is 4.79 Å². The summed E-state index contributed by atoms with van der Waals surface area (Å²) in [4.78, 5) is 12.7. The van der Waals surface area contributed by atoms with Gasteiger partial charge in [-0.1, -0.05) is 61.0 Å². The SMILES string of the molecule is CCc1ccc(C(C)NC(=O)C2CCN(S(=O)(=O)Cc3ccccc3Cl)CC2)cc1. The molecule has 5 nitrogen and oxygen atoms in total. The molecule has 1 fully saturated rings. The molecule has 1 heterocycles. The van der Waals surface area contributed by atoms with Crippen LogP contribution in [0.3, 0.4) is 0 Å². The van der Waals surface area contributed by atoms with Crippen molar-refractivity contribution >= 4 is 27.5 Å². The fraction of sp³-hybridized carbons (Fsp3) is 0.435. The molecule has 3 rings (SSSR count). The lowest BCUT2D eigenvalue weighted by atomic mass is 9.96. The van der Waals surface area contributed by atoms with Crippen LogP contribution in [0.4, 0.5) is 0 Å². The van der Waals surface area contributed by atoms with E-state index in [0.717, 1.165) is 12.0 Å². The number of halogens is 1. The first-order chi connectivity index (χ1) is 14.3. The summed E-state index contributed by atoms with van der Waals surface area (Å²) < 4.78 is 27.0. The smallest absolute Gasteiger partial charge is 0.223 e. The molecule has 0 aliphatic carbocycles. The van der Waals surface area contributed by atoms with Gasteiger partial charge in [-0.05, 0) is 48.9 Å². The van der Waals surface area contributed by atoms with E-state index >= 15 is 0 Å². The molecule has 30 heavy (non-hydrogen) atoms. The maximum atomic E-state index is 12.8. The Labute approximate surface area is 184 Å². The van der Waals surface area contributed by atoms with Crippen LogP contribution >= 0.6 is 11.6 Å². The van der Waals surface area contributed by atoms with Gasteiger partial charge in [0.1, 0.15) is 0 Å². The molecule has 7 heteroatoms. The Balaban J connectivity index is 1.54. The molecular weight excluding hydrogens is 420 g/mol. The molecule has 1 aliphatic heterocycles. The van der Waals surface area contributed by atoms with Gasteiger partial charge in [0.25, 0.3) is 0 Å². The predicted molar refractivity (Wildman–Crippen MR) is 121 cm³/mol. The molecule has 0 spiro atoms. The molecule has 1 aliphatic rings. The van der Waals surface area contributed by atoms with Crippen LogP contribution in [0.15, 0.2) is 48.5 Å². The highest BCUT2D eigenvalue weighted by Gasteiger charge is 2.31. The third-order valence-corrected chi connectivity index (χ3v) is 7.96. The molecule has 0 bridgehead atoms. The lowest BCUT2D eigenvalue weighted by Gasteiger charge is -2.31. The van der Waals surface area contributed by atoms with E-state index in [1.54, 1.807) is 24.3 Å². The van der Waals surface area contributed by atoms with E-state index in [9.17, 15) is 13.2 Å². The minimum absolute atomic E-state index is 0.00906. The maximum Gasteiger partial charge on any atom is 0.223 e. The summed E-state index contributed by atoms with van der Waals surface area (Å²) in [5.74, 6) is -0.298. The van der Waals surface area contributed by atoms with E-state index in [2.05, 4.69) is 24.4 Å². The van der Waals surface area contributed by atoms with E-state index in [4.69, 9.17) is 11.6 Å². The molecular formula is C23H29ClN2O3S. The topological polar surface area (TPSA) is 66.5 Å². The van der Waals surface area contributed by atoms with Gasteiger partial charge in [0.15, 0.2) is 0 Å². The molecule has 1 saturated heterocycles. The first-order valence-corrected chi connectivity index (χ1v) is 12.4.